The Kier molecular flexibility index (Phi) is 7.76. The van der Waals surface area contributed by atoms with Gasteiger partial charge in [0, 0.05) is 38.8 Å². The van der Waals surface area contributed by atoms with Crippen LogP contribution in [0, 0.1) is 12.3 Å². The average Bonchev–Trinajstić information content (AvgIpc) is 3.11. The van der Waals surface area contributed by atoms with Crippen LogP contribution in [0.4, 0.5) is 11.4 Å². The fraction of sp³-hybridized carbons (Fsp3) is 0.208. The van der Waals surface area contributed by atoms with Crippen LogP contribution in [-0.2, 0) is 0 Å². The van der Waals surface area contributed by atoms with E-state index in [9.17, 15) is 0 Å². The Bertz CT molecular complexity index is 1150. The van der Waals surface area contributed by atoms with Crippen molar-refractivity contribution < 1.29 is 4.74 Å². The van der Waals surface area contributed by atoms with Gasteiger partial charge in [-0.1, -0.05) is 29.3 Å². The molecule has 0 aliphatic heterocycles. The van der Waals surface area contributed by atoms with Crippen LogP contribution in [0.5, 0.6) is 5.75 Å². The number of fused-ring (bicyclic) bond motifs is 3. The molecule has 6 nitrogen and oxygen atoms in total. The minimum atomic E-state index is 0.653. The number of aromatic nitrogens is 1. The van der Waals surface area contributed by atoms with E-state index in [2.05, 4.69) is 64.7 Å². The minimum Gasteiger partial charge on any atom is -0.491 e. The highest BCUT2D eigenvalue weighted by molar-refractivity contribution is 6.32. The van der Waals surface area contributed by atoms with E-state index in [1.807, 2.05) is 25.2 Å². The number of nitrogens with two attached hydrogens (primary N) is 1. The molecule has 4 aromatic rings. The summed E-state index contributed by atoms with van der Waals surface area (Å²) in [5, 5.41) is 15.4. The molecule has 0 radical (unpaired) electrons. The number of anilines is 2. The van der Waals surface area contributed by atoms with Gasteiger partial charge in [-0.05, 0) is 63.3 Å². The Morgan fingerprint density at radius 2 is 1.81 bits per heavy atom. The highest BCUT2D eigenvalue weighted by atomic mass is 35.5. The number of ether oxygens (including phenoxy) is 1. The van der Waals surface area contributed by atoms with Crippen LogP contribution in [0.2, 0.25) is 5.02 Å². The lowest BCUT2D eigenvalue weighted by Crippen LogP contribution is -2.11. The lowest BCUT2D eigenvalue weighted by molar-refractivity contribution is 0.313. The molecule has 6 N–H and O–H groups in total. The average molecular weight is 438 g/mol. The largest absolute Gasteiger partial charge is 0.491 e. The van der Waals surface area contributed by atoms with Gasteiger partial charge in [-0.15, -0.1) is 0 Å². The van der Waals surface area contributed by atoms with E-state index >= 15 is 0 Å². The van der Waals surface area contributed by atoms with Gasteiger partial charge in [-0.3, -0.25) is 5.41 Å². The van der Waals surface area contributed by atoms with Gasteiger partial charge >= 0.3 is 0 Å². The lowest BCUT2D eigenvalue weighted by Gasteiger charge is -2.12. The maximum Gasteiger partial charge on any atom is 0.145 e. The minimum absolute atomic E-state index is 0.653. The topological polar surface area (TPSA) is 99.0 Å². The van der Waals surface area contributed by atoms with E-state index in [4.69, 9.17) is 21.7 Å². The molecule has 0 aliphatic rings. The maximum absolute atomic E-state index is 6.25. The van der Waals surface area contributed by atoms with Crippen molar-refractivity contribution in [2.75, 3.05) is 25.5 Å². The fourth-order valence-corrected chi connectivity index (χ4v) is 3.53. The summed E-state index contributed by atoms with van der Waals surface area (Å²) in [5.74, 6) is 0.843. The second-order valence-corrected chi connectivity index (χ2v) is 7.61. The SMILES string of the molecule is CNCCCOc1cc(Nc2ccc(C)cc2)cc2c1[nH]c1ccc(Cl)cc12.N=CN. The third kappa shape index (κ3) is 5.69. The second-order valence-electron chi connectivity index (χ2n) is 7.18. The van der Waals surface area contributed by atoms with E-state index in [-0.39, 0.29) is 0 Å². The molecule has 4 rings (SSSR count). The molecule has 7 heteroatoms. The molecule has 0 saturated heterocycles. The number of nitrogens with one attached hydrogen (secondary N) is 4. The quantitative estimate of drug-likeness (QED) is 0.148. The van der Waals surface area contributed by atoms with Crippen molar-refractivity contribution in [3.8, 4) is 5.75 Å². The van der Waals surface area contributed by atoms with Crippen LogP contribution >= 0.6 is 11.6 Å². The second kappa shape index (κ2) is 10.7. The number of rotatable bonds is 7. The van der Waals surface area contributed by atoms with Gasteiger partial charge in [-0.25, -0.2) is 0 Å². The third-order valence-electron chi connectivity index (χ3n) is 4.80. The van der Waals surface area contributed by atoms with E-state index in [1.165, 1.54) is 5.56 Å². The number of benzene rings is 3. The number of aromatic amines is 1. The van der Waals surface area contributed by atoms with Crippen LogP contribution in [-0.4, -0.2) is 31.5 Å². The Morgan fingerprint density at radius 1 is 1.06 bits per heavy atom. The zero-order valence-electron chi connectivity index (χ0n) is 17.8. The molecule has 0 unspecified atom stereocenters. The van der Waals surface area contributed by atoms with E-state index in [1.54, 1.807) is 0 Å². The van der Waals surface area contributed by atoms with Gasteiger partial charge in [0.25, 0.3) is 0 Å². The highest BCUT2D eigenvalue weighted by Gasteiger charge is 2.12. The van der Waals surface area contributed by atoms with E-state index < -0.39 is 0 Å². The molecule has 31 heavy (non-hydrogen) atoms. The van der Waals surface area contributed by atoms with Crippen molar-refractivity contribution in [1.29, 1.82) is 5.41 Å². The van der Waals surface area contributed by atoms with Crippen LogP contribution in [0.3, 0.4) is 0 Å². The number of hydrogen-bond donors (Lipinski definition) is 5. The van der Waals surface area contributed by atoms with Gasteiger partial charge in [0.2, 0.25) is 0 Å². The van der Waals surface area contributed by atoms with Crippen molar-refractivity contribution in [2.24, 2.45) is 5.73 Å². The van der Waals surface area contributed by atoms with Gasteiger partial charge in [0.15, 0.2) is 0 Å². The van der Waals surface area contributed by atoms with E-state index in [0.717, 1.165) is 63.3 Å². The number of hydrogen-bond acceptors (Lipinski definition) is 4. The highest BCUT2D eigenvalue weighted by Crippen LogP contribution is 2.37. The Morgan fingerprint density at radius 3 is 2.52 bits per heavy atom. The maximum atomic E-state index is 6.25. The van der Waals surface area contributed by atoms with Crippen LogP contribution < -0.4 is 21.1 Å². The van der Waals surface area contributed by atoms with E-state index in [0.29, 0.717) is 6.61 Å². The number of aryl methyl sites for hydroxylation is 1. The molecule has 0 bridgehead atoms. The molecule has 0 aliphatic carbocycles. The molecular weight excluding hydrogens is 410 g/mol. The first-order chi connectivity index (χ1) is 15.0. The zero-order valence-corrected chi connectivity index (χ0v) is 18.5. The normalized spacial score (nSPS) is 10.5. The van der Waals surface area contributed by atoms with Crippen molar-refractivity contribution in [1.82, 2.24) is 10.3 Å². The molecular formula is C24H28ClN5O. The fourth-order valence-electron chi connectivity index (χ4n) is 3.36. The summed E-state index contributed by atoms with van der Waals surface area (Å²) in [6, 6.07) is 18.5. The first-order valence-electron chi connectivity index (χ1n) is 10.1. The summed E-state index contributed by atoms with van der Waals surface area (Å²) >= 11 is 6.25. The van der Waals surface area contributed by atoms with Gasteiger partial charge in [-0.2, -0.15) is 0 Å². The van der Waals surface area contributed by atoms with Crippen molar-refractivity contribution in [3.05, 3.63) is 65.2 Å². The first kappa shape index (κ1) is 22.5. The standard InChI is InChI=1S/C23H24ClN3O.CH4N2/c1-15-4-7-17(8-5-15)26-18-13-20-19-12-16(24)6-9-21(19)27-23(20)22(14-18)28-11-3-10-25-2;2-1-3/h4-9,12-14,25-27H,3,10-11H2,1-2H3;1H,(H3,2,3). The summed E-state index contributed by atoms with van der Waals surface area (Å²) in [4.78, 5) is 3.49. The molecule has 162 valence electrons. The molecule has 0 amide bonds. The Labute approximate surface area is 187 Å². The summed E-state index contributed by atoms with van der Waals surface area (Å²) in [6.07, 6.45) is 1.69. The van der Waals surface area contributed by atoms with Gasteiger partial charge in [0.1, 0.15) is 5.75 Å². The summed E-state index contributed by atoms with van der Waals surface area (Å²) in [7, 11) is 1.95. The predicted molar refractivity (Wildman–Crippen MR) is 132 cm³/mol. The number of H-pyrrole nitrogens is 1. The molecule has 3 aromatic carbocycles. The lowest BCUT2D eigenvalue weighted by atomic mass is 10.1. The molecule has 1 heterocycles. The smallest absolute Gasteiger partial charge is 0.145 e. The molecule has 0 saturated carbocycles. The first-order valence-corrected chi connectivity index (χ1v) is 10.5. The third-order valence-corrected chi connectivity index (χ3v) is 5.04. The molecule has 0 fully saturated rings. The summed E-state index contributed by atoms with van der Waals surface area (Å²) in [6.45, 7) is 3.66. The van der Waals surface area contributed by atoms with Crippen LogP contribution in [0.15, 0.2) is 54.6 Å². The van der Waals surface area contributed by atoms with Crippen LogP contribution in [0.1, 0.15) is 12.0 Å². The molecule has 1 aromatic heterocycles. The van der Waals surface area contributed by atoms with Gasteiger partial charge < -0.3 is 26.1 Å². The predicted octanol–water partition coefficient (Wildman–Crippen LogP) is 5.57. The summed E-state index contributed by atoms with van der Waals surface area (Å²) < 4.78 is 6.13. The van der Waals surface area contributed by atoms with Crippen molar-refractivity contribution >= 4 is 51.1 Å². The Hall–Kier alpha value is -3.22. The van der Waals surface area contributed by atoms with Crippen molar-refractivity contribution in [3.63, 3.8) is 0 Å². The number of halogens is 1. The van der Waals surface area contributed by atoms with Crippen molar-refractivity contribution in [2.45, 2.75) is 13.3 Å². The monoisotopic (exact) mass is 437 g/mol. The molecule has 0 atom stereocenters. The summed E-state index contributed by atoms with van der Waals surface area (Å²) in [5.41, 5.74) is 9.70. The van der Waals surface area contributed by atoms with Gasteiger partial charge in [0.05, 0.1) is 18.5 Å². The zero-order chi connectivity index (χ0) is 22.2. The van der Waals surface area contributed by atoms with Crippen LogP contribution in [0.25, 0.3) is 21.8 Å². The Balaban J connectivity index is 0.000000858. The molecule has 0 spiro atoms.